The third-order valence-electron chi connectivity index (χ3n) is 4.93. The van der Waals surface area contributed by atoms with Gasteiger partial charge in [-0.25, -0.2) is 0 Å². The van der Waals surface area contributed by atoms with Gasteiger partial charge in [0.15, 0.2) is 11.5 Å². The van der Waals surface area contributed by atoms with Crippen molar-refractivity contribution in [2.24, 2.45) is 4.99 Å². The molecule has 2 aromatic carbocycles. The molecule has 1 fully saturated rings. The zero-order chi connectivity index (χ0) is 20.5. The van der Waals surface area contributed by atoms with Gasteiger partial charge >= 0.3 is 0 Å². The molecule has 0 aromatic heterocycles. The van der Waals surface area contributed by atoms with Crippen molar-refractivity contribution in [1.82, 2.24) is 4.90 Å². The predicted octanol–water partition coefficient (Wildman–Crippen LogP) is 4.66. The van der Waals surface area contributed by atoms with Gasteiger partial charge < -0.3 is 14.4 Å². The number of likely N-dealkylation sites (tertiary alicyclic amines) is 1. The van der Waals surface area contributed by atoms with Gasteiger partial charge in [-0.05, 0) is 83.9 Å². The Hall–Kier alpha value is -2.11. The molecule has 0 N–H and O–H groups in total. The van der Waals surface area contributed by atoms with Crippen LogP contribution < -0.4 is 9.47 Å². The molecule has 0 amide bonds. The van der Waals surface area contributed by atoms with Gasteiger partial charge in [-0.15, -0.1) is 0 Å². The SMILES string of the molecule is COc1cc(C=NCCN2CCCCC2)cc(I)c1OCc1cccc(C#N)c1. The van der Waals surface area contributed by atoms with E-state index in [-0.39, 0.29) is 0 Å². The second kappa shape index (κ2) is 11.2. The Bertz CT molecular complexity index is 886. The van der Waals surface area contributed by atoms with E-state index in [1.54, 1.807) is 13.2 Å². The lowest BCUT2D eigenvalue weighted by atomic mass is 10.1. The van der Waals surface area contributed by atoms with Gasteiger partial charge in [0.2, 0.25) is 0 Å². The topological polar surface area (TPSA) is 57.9 Å². The molecule has 0 spiro atoms. The summed E-state index contributed by atoms with van der Waals surface area (Å²) in [5.74, 6) is 1.40. The van der Waals surface area contributed by atoms with Crippen molar-refractivity contribution < 1.29 is 9.47 Å². The summed E-state index contributed by atoms with van der Waals surface area (Å²) in [4.78, 5) is 7.09. The first kappa shape index (κ1) is 21.6. The molecule has 0 atom stereocenters. The highest BCUT2D eigenvalue weighted by Gasteiger charge is 2.12. The van der Waals surface area contributed by atoms with Gasteiger partial charge in [-0.3, -0.25) is 4.99 Å². The van der Waals surface area contributed by atoms with Crippen LogP contribution in [-0.4, -0.2) is 44.4 Å². The summed E-state index contributed by atoms with van der Waals surface area (Å²) in [6.07, 6.45) is 5.88. The van der Waals surface area contributed by atoms with Crippen LogP contribution in [0, 0.1) is 14.9 Å². The van der Waals surface area contributed by atoms with Crippen molar-refractivity contribution >= 4 is 28.8 Å². The minimum atomic E-state index is 0.380. The fourth-order valence-electron chi connectivity index (χ4n) is 3.39. The lowest BCUT2D eigenvalue weighted by Gasteiger charge is -2.25. The second-order valence-electron chi connectivity index (χ2n) is 7.07. The summed E-state index contributed by atoms with van der Waals surface area (Å²) < 4.78 is 12.5. The van der Waals surface area contributed by atoms with Gasteiger partial charge in [0.25, 0.3) is 0 Å². The summed E-state index contributed by atoms with van der Waals surface area (Å²) in [5, 5.41) is 9.04. The van der Waals surface area contributed by atoms with Crippen LogP contribution >= 0.6 is 22.6 Å². The van der Waals surface area contributed by atoms with Crippen molar-refractivity contribution in [2.75, 3.05) is 33.3 Å². The molecule has 29 heavy (non-hydrogen) atoms. The summed E-state index contributed by atoms with van der Waals surface area (Å²) in [7, 11) is 1.64. The van der Waals surface area contributed by atoms with Crippen LogP contribution in [0.25, 0.3) is 0 Å². The molecule has 1 aliphatic rings. The molecule has 0 saturated carbocycles. The van der Waals surface area contributed by atoms with Crippen LogP contribution in [0.4, 0.5) is 0 Å². The fraction of sp³-hybridized carbons (Fsp3) is 0.391. The monoisotopic (exact) mass is 503 g/mol. The third-order valence-corrected chi connectivity index (χ3v) is 5.73. The number of ether oxygens (including phenoxy) is 2. The lowest BCUT2D eigenvalue weighted by molar-refractivity contribution is 0.235. The van der Waals surface area contributed by atoms with Gasteiger partial charge in [0, 0.05) is 12.8 Å². The van der Waals surface area contributed by atoms with Gasteiger partial charge in [-0.2, -0.15) is 5.26 Å². The van der Waals surface area contributed by atoms with Crippen LogP contribution in [0.15, 0.2) is 41.4 Å². The van der Waals surface area contributed by atoms with E-state index in [1.807, 2.05) is 30.5 Å². The molecule has 5 nitrogen and oxygen atoms in total. The second-order valence-corrected chi connectivity index (χ2v) is 8.23. The standard InChI is InChI=1S/C23H26IN3O2/c1-28-22-14-20(16-26-8-11-27-9-3-2-4-10-27)13-21(24)23(22)29-17-19-7-5-6-18(12-19)15-25/h5-7,12-14,16H,2-4,8-11,17H2,1H3. The highest BCUT2D eigenvalue weighted by atomic mass is 127. The first-order valence-corrected chi connectivity index (χ1v) is 11.0. The van der Waals surface area contributed by atoms with Gasteiger partial charge in [0.1, 0.15) is 6.61 Å². The zero-order valence-electron chi connectivity index (χ0n) is 16.7. The molecule has 1 saturated heterocycles. The third kappa shape index (κ3) is 6.44. The Kier molecular flexibility index (Phi) is 8.32. The van der Waals surface area contributed by atoms with Crippen LogP contribution in [0.2, 0.25) is 0 Å². The molecule has 1 heterocycles. The summed E-state index contributed by atoms with van der Waals surface area (Å²) in [6.45, 7) is 4.61. The van der Waals surface area contributed by atoms with E-state index in [4.69, 9.17) is 14.7 Å². The van der Waals surface area contributed by atoms with Crippen LogP contribution in [-0.2, 0) is 6.61 Å². The Morgan fingerprint density at radius 2 is 2.03 bits per heavy atom. The maximum Gasteiger partial charge on any atom is 0.174 e. The summed E-state index contributed by atoms with van der Waals surface area (Å²) >= 11 is 2.26. The maximum absolute atomic E-state index is 9.04. The number of nitriles is 1. The van der Waals surface area contributed by atoms with E-state index < -0.39 is 0 Å². The number of hydrogen-bond donors (Lipinski definition) is 0. The lowest BCUT2D eigenvalue weighted by Crippen LogP contribution is -2.31. The number of piperidine rings is 1. The van der Waals surface area contributed by atoms with E-state index in [1.165, 1.54) is 32.4 Å². The van der Waals surface area contributed by atoms with Crippen molar-refractivity contribution in [2.45, 2.75) is 25.9 Å². The number of methoxy groups -OCH3 is 1. The highest BCUT2D eigenvalue weighted by molar-refractivity contribution is 14.1. The Morgan fingerprint density at radius 1 is 1.21 bits per heavy atom. The van der Waals surface area contributed by atoms with E-state index in [2.05, 4.69) is 44.6 Å². The number of rotatable bonds is 8. The van der Waals surface area contributed by atoms with Crippen molar-refractivity contribution in [3.63, 3.8) is 0 Å². The predicted molar refractivity (Wildman–Crippen MR) is 124 cm³/mol. The largest absolute Gasteiger partial charge is 0.493 e. The first-order chi connectivity index (χ1) is 14.2. The molecular formula is C23H26IN3O2. The van der Waals surface area contributed by atoms with Crippen molar-refractivity contribution in [3.05, 3.63) is 56.7 Å². The zero-order valence-corrected chi connectivity index (χ0v) is 18.9. The Balaban J connectivity index is 1.62. The van der Waals surface area contributed by atoms with Crippen LogP contribution in [0.1, 0.15) is 36.0 Å². The van der Waals surface area contributed by atoms with Crippen molar-refractivity contribution in [1.29, 1.82) is 5.26 Å². The molecule has 152 valence electrons. The fourth-order valence-corrected chi connectivity index (χ4v) is 4.17. The highest BCUT2D eigenvalue weighted by Crippen LogP contribution is 2.34. The minimum Gasteiger partial charge on any atom is -0.493 e. The Morgan fingerprint density at radius 3 is 2.79 bits per heavy atom. The van der Waals surface area contributed by atoms with Gasteiger partial charge in [0.05, 0.1) is 28.9 Å². The van der Waals surface area contributed by atoms with E-state index in [0.29, 0.717) is 23.7 Å². The number of benzene rings is 2. The Labute approximate surface area is 186 Å². The van der Waals surface area contributed by atoms with Crippen LogP contribution in [0.3, 0.4) is 0 Å². The molecule has 2 aromatic rings. The number of hydrogen-bond acceptors (Lipinski definition) is 5. The molecule has 0 unspecified atom stereocenters. The molecule has 3 rings (SSSR count). The molecule has 0 aliphatic carbocycles. The summed E-state index contributed by atoms with van der Waals surface area (Å²) in [5.41, 5.74) is 2.58. The number of nitrogens with zero attached hydrogens (tertiary/aromatic N) is 3. The van der Waals surface area contributed by atoms with E-state index >= 15 is 0 Å². The molecule has 0 bridgehead atoms. The summed E-state index contributed by atoms with van der Waals surface area (Å²) in [6, 6.07) is 13.6. The number of halogens is 1. The maximum atomic E-state index is 9.04. The number of aliphatic imine (C=N–C) groups is 1. The van der Waals surface area contributed by atoms with E-state index in [0.717, 1.165) is 27.8 Å². The van der Waals surface area contributed by atoms with Crippen molar-refractivity contribution in [3.8, 4) is 17.6 Å². The van der Waals surface area contributed by atoms with Gasteiger partial charge in [-0.1, -0.05) is 18.6 Å². The minimum absolute atomic E-state index is 0.380. The smallest absolute Gasteiger partial charge is 0.174 e. The quantitative estimate of drug-likeness (QED) is 0.389. The molecule has 1 aliphatic heterocycles. The molecule has 0 radical (unpaired) electrons. The normalized spacial score (nSPS) is 14.7. The molecular weight excluding hydrogens is 477 g/mol. The first-order valence-electron chi connectivity index (χ1n) is 9.91. The van der Waals surface area contributed by atoms with E-state index in [9.17, 15) is 0 Å². The average Bonchev–Trinajstić information content (AvgIpc) is 2.76. The average molecular weight is 503 g/mol. The molecule has 6 heteroatoms. The van der Waals surface area contributed by atoms with Crippen LogP contribution in [0.5, 0.6) is 11.5 Å².